The lowest BCUT2D eigenvalue weighted by Gasteiger charge is -2.24. The van der Waals surface area contributed by atoms with E-state index in [1.54, 1.807) is 25.4 Å². The maximum absolute atomic E-state index is 13.4. The van der Waals surface area contributed by atoms with Crippen molar-refractivity contribution in [2.45, 2.75) is 12.5 Å². The molecule has 0 bridgehead atoms. The van der Waals surface area contributed by atoms with Crippen LogP contribution in [-0.2, 0) is 9.59 Å². The quantitative estimate of drug-likeness (QED) is 0.728. The van der Waals surface area contributed by atoms with E-state index >= 15 is 0 Å². The predicted octanol–water partition coefficient (Wildman–Crippen LogP) is 3.22. The number of amides is 2. The summed E-state index contributed by atoms with van der Waals surface area (Å²) in [5, 5.41) is 9.74. The van der Waals surface area contributed by atoms with Crippen molar-refractivity contribution >= 4 is 23.3 Å². The number of benzene rings is 2. The van der Waals surface area contributed by atoms with Gasteiger partial charge in [-0.15, -0.1) is 0 Å². The third-order valence-corrected chi connectivity index (χ3v) is 4.52. The first-order valence-electron chi connectivity index (χ1n) is 8.64. The zero-order valence-electron chi connectivity index (χ0n) is 15.0. The Bertz CT molecular complexity index is 1060. The molecule has 1 atom stereocenters. The number of hydrogen-bond donors (Lipinski definition) is 2. The molecule has 0 saturated heterocycles. The molecule has 1 aromatic heterocycles. The lowest BCUT2D eigenvalue weighted by Crippen LogP contribution is -2.35. The topological polar surface area (TPSA) is 85.2 Å². The van der Waals surface area contributed by atoms with Gasteiger partial charge >= 0.3 is 0 Å². The van der Waals surface area contributed by atoms with Crippen LogP contribution in [0.15, 0.2) is 54.7 Å². The first-order valence-corrected chi connectivity index (χ1v) is 8.64. The Morgan fingerprint density at radius 2 is 2.07 bits per heavy atom. The molecule has 28 heavy (non-hydrogen) atoms. The number of methoxy groups -OCH3 is 1. The van der Waals surface area contributed by atoms with Gasteiger partial charge in [0, 0.05) is 16.8 Å². The summed E-state index contributed by atoms with van der Waals surface area (Å²) in [7, 11) is 1.56. The zero-order chi connectivity index (χ0) is 19.7. The lowest BCUT2D eigenvalue weighted by molar-refractivity contribution is -0.125. The molecule has 1 unspecified atom stereocenters. The van der Waals surface area contributed by atoms with Crippen LogP contribution in [0.3, 0.4) is 0 Å². The number of para-hydroxylation sites is 1. The average molecular weight is 380 g/mol. The van der Waals surface area contributed by atoms with Crippen molar-refractivity contribution < 1.29 is 18.7 Å². The summed E-state index contributed by atoms with van der Waals surface area (Å²) in [5.74, 6) is -0.170. The third-order valence-electron chi connectivity index (χ3n) is 4.52. The highest BCUT2D eigenvalue weighted by molar-refractivity contribution is 6.03. The molecular weight excluding hydrogens is 363 g/mol. The molecule has 142 valence electrons. The standard InChI is InChI=1S/C20H17FN4O3/c1-28-17-8-3-2-7-14(17)15-11-22-25-16(10-18(26)24-19(15)25)20(27)23-13-6-4-5-12(21)9-13/h2-9,11,16H,10H2,1H3,(H,23,27)(H,24,26). The summed E-state index contributed by atoms with van der Waals surface area (Å²) in [6, 6.07) is 12.1. The second-order valence-corrected chi connectivity index (χ2v) is 6.32. The van der Waals surface area contributed by atoms with Crippen LogP contribution in [0.1, 0.15) is 12.5 Å². The Labute approximate surface area is 160 Å². The first-order chi connectivity index (χ1) is 13.6. The molecule has 4 rings (SSSR count). The van der Waals surface area contributed by atoms with Gasteiger partial charge in [-0.1, -0.05) is 24.3 Å². The number of aromatic nitrogens is 2. The number of ether oxygens (including phenoxy) is 1. The maximum atomic E-state index is 13.4. The Balaban J connectivity index is 1.69. The highest BCUT2D eigenvalue weighted by atomic mass is 19.1. The highest BCUT2D eigenvalue weighted by Gasteiger charge is 2.33. The molecule has 0 fully saturated rings. The van der Waals surface area contributed by atoms with Gasteiger partial charge in [0.25, 0.3) is 0 Å². The van der Waals surface area contributed by atoms with Crippen molar-refractivity contribution in [3.8, 4) is 16.9 Å². The predicted molar refractivity (Wildman–Crippen MR) is 102 cm³/mol. The smallest absolute Gasteiger partial charge is 0.249 e. The molecule has 0 radical (unpaired) electrons. The Kier molecular flexibility index (Phi) is 4.52. The Hall–Kier alpha value is -3.68. The molecule has 2 N–H and O–H groups in total. The van der Waals surface area contributed by atoms with E-state index in [1.807, 2.05) is 18.2 Å². The van der Waals surface area contributed by atoms with Crippen molar-refractivity contribution in [3.63, 3.8) is 0 Å². The Morgan fingerprint density at radius 1 is 1.25 bits per heavy atom. The molecule has 3 aromatic rings. The molecular formula is C20H17FN4O3. The first kappa shape index (κ1) is 17.7. The van der Waals surface area contributed by atoms with Gasteiger partial charge in [-0.2, -0.15) is 5.10 Å². The van der Waals surface area contributed by atoms with Crippen LogP contribution >= 0.6 is 0 Å². The van der Waals surface area contributed by atoms with Gasteiger partial charge in [0.05, 0.1) is 19.7 Å². The van der Waals surface area contributed by atoms with E-state index in [0.29, 0.717) is 22.8 Å². The van der Waals surface area contributed by atoms with Crippen LogP contribution < -0.4 is 15.4 Å². The number of carbonyl (C=O) groups is 2. The van der Waals surface area contributed by atoms with Gasteiger partial charge in [0.15, 0.2) is 0 Å². The molecule has 0 spiro atoms. The zero-order valence-corrected chi connectivity index (χ0v) is 15.0. The van der Waals surface area contributed by atoms with Gasteiger partial charge in [-0.3, -0.25) is 9.59 Å². The monoisotopic (exact) mass is 380 g/mol. The normalized spacial score (nSPS) is 15.5. The van der Waals surface area contributed by atoms with E-state index in [1.165, 1.54) is 22.9 Å². The summed E-state index contributed by atoms with van der Waals surface area (Å²) in [6.07, 6.45) is 1.52. The highest BCUT2D eigenvalue weighted by Crippen LogP contribution is 2.38. The molecule has 8 heteroatoms. The minimum Gasteiger partial charge on any atom is -0.496 e. The molecule has 1 aliphatic heterocycles. The maximum Gasteiger partial charge on any atom is 0.249 e. The third kappa shape index (κ3) is 3.20. The summed E-state index contributed by atoms with van der Waals surface area (Å²) in [6.45, 7) is 0. The molecule has 7 nitrogen and oxygen atoms in total. The van der Waals surface area contributed by atoms with Crippen molar-refractivity contribution in [1.29, 1.82) is 0 Å². The largest absolute Gasteiger partial charge is 0.496 e. The second-order valence-electron chi connectivity index (χ2n) is 6.32. The number of nitrogens with one attached hydrogen (secondary N) is 2. The Morgan fingerprint density at radius 3 is 2.86 bits per heavy atom. The minimum absolute atomic E-state index is 0.0683. The van der Waals surface area contributed by atoms with Crippen LogP contribution in [0.5, 0.6) is 5.75 Å². The molecule has 1 aliphatic rings. The number of anilines is 2. The second kappa shape index (κ2) is 7.15. The van der Waals surface area contributed by atoms with Crippen molar-refractivity contribution in [2.75, 3.05) is 17.7 Å². The number of halogens is 1. The number of carbonyl (C=O) groups excluding carboxylic acids is 2. The van der Waals surface area contributed by atoms with Gasteiger partial charge in [-0.25, -0.2) is 9.07 Å². The molecule has 2 heterocycles. The number of nitrogens with zero attached hydrogens (tertiary/aromatic N) is 2. The van der Waals surface area contributed by atoms with E-state index in [9.17, 15) is 14.0 Å². The fourth-order valence-corrected chi connectivity index (χ4v) is 3.23. The molecule has 2 amide bonds. The number of hydrogen-bond acceptors (Lipinski definition) is 4. The van der Waals surface area contributed by atoms with E-state index in [-0.39, 0.29) is 12.3 Å². The average Bonchev–Trinajstić information content (AvgIpc) is 3.10. The molecule has 0 aliphatic carbocycles. The SMILES string of the molecule is COc1ccccc1-c1cnn2c1NC(=O)CC2C(=O)Nc1cccc(F)c1. The molecule has 0 saturated carbocycles. The van der Waals surface area contributed by atoms with Gasteiger partial charge in [-0.05, 0) is 24.3 Å². The lowest BCUT2D eigenvalue weighted by atomic mass is 10.1. The fourth-order valence-electron chi connectivity index (χ4n) is 3.23. The van der Waals surface area contributed by atoms with Crippen LogP contribution in [0, 0.1) is 5.82 Å². The minimum atomic E-state index is -0.851. The van der Waals surface area contributed by atoms with Gasteiger partial charge < -0.3 is 15.4 Å². The van der Waals surface area contributed by atoms with Crippen LogP contribution in [0.4, 0.5) is 15.9 Å². The van der Waals surface area contributed by atoms with Crippen LogP contribution in [-0.4, -0.2) is 28.7 Å². The summed E-state index contributed by atoms with van der Waals surface area (Å²) < 4.78 is 20.2. The van der Waals surface area contributed by atoms with E-state index in [0.717, 1.165) is 5.56 Å². The van der Waals surface area contributed by atoms with Gasteiger partial charge in [0.2, 0.25) is 11.8 Å². The summed E-state index contributed by atoms with van der Waals surface area (Å²) >= 11 is 0. The summed E-state index contributed by atoms with van der Waals surface area (Å²) in [4.78, 5) is 25.0. The van der Waals surface area contributed by atoms with E-state index in [2.05, 4.69) is 15.7 Å². The molecule has 2 aromatic carbocycles. The number of rotatable bonds is 4. The van der Waals surface area contributed by atoms with Crippen LogP contribution in [0.25, 0.3) is 11.1 Å². The van der Waals surface area contributed by atoms with E-state index < -0.39 is 17.8 Å². The van der Waals surface area contributed by atoms with Crippen molar-refractivity contribution in [1.82, 2.24) is 9.78 Å². The summed E-state index contributed by atoms with van der Waals surface area (Å²) in [5.41, 5.74) is 1.71. The number of fused-ring (bicyclic) bond motifs is 1. The van der Waals surface area contributed by atoms with Crippen LogP contribution in [0.2, 0.25) is 0 Å². The van der Waals surface area contributed by atoms with E-state index in [4.69, 9.17) is 4.74 Å². The van der Waals surface area contributed by atoms with Crippen molar-refractivity contribution in [2.24, 2.45) is 0 Å². The fraction of sp³-hybridized carbons (Fsp3) is 0.150. The van der Waals surface area contributed by atoms with Gasteiger partial charge in [0.1, 0.15) is 23.4 Å². The van der Waals surface area contributed by atoms with Crippen molar-refractivity contribution in [3.05, 3.63) is 60.5 Å².